The summed E-state index contributed by atoms with van der Waals surface area (Å²) in [5.74, 6) is 0. The van der Waals surface area contributed by atoms with Crippen molar-refractivity contribution in [1.29, 1.82) is 0 Å². The van der Waals surface area contributed by atoms with Crippen molar-refractivity contribution < 1.29 is 0 Å². The minimum atomic E-state index is 0.0585. The minimum absolute atomic E-state index is 0.0585. The fourth-order valence-electron chi connectivity index (χ4n) is 4.18. The fraction of sp³-hybridized carbons (Fsp3) is 0.667. The first-order valence-corrected chi connectivity index (χ1v) is 10.8. The third-order valence-electron chi connectivity index (χ3n) is 6.37. The number of alkyl halides is 1. The Balaban J connectivity index is 2.17. The molecule has 2 heteroatoms. The van der Waals surface area contributed by atoms with E-state index < -0.39 is 0 Å². The van der Waals surface area contributed by atoms with Crippen LogP contribution in [-0.2, 0) is 12.8 Å². The zero-order valence-electron chi connectivity index (χ0n) is 18.2. The lowest BCUT2D eigenvalue weighted by Crippen LogP contribution is -2.45. The summed E-state index contributed by atoms with van der Waals surface area (Å²) in [5, 5.41) is 3.80. The Morgan fingerprint density at radius 1 is 1.12 bits per heavy atom. The van der Waals surface area contributed by atoms with E-state index in [2.05, 4.69) is 89.3 Å². The second kappa shape index (κ2) is 7.34. The monoisotopic (exact) mass is 419 g/mol. The minimum Gasteiger partial charge on any atom is -0.383 e. The average Bonchev–Trinajstić information content (AvgIpc) is 2.50. The van der Waals surface area contributed by atoms with Gasteiger partial charge in [0.2, 0.25) is 0 Å². The van der Waals surface area contributed by atoms with E-state index >= 15 is 0 Å². The van der Waals surface area contributed by atoms with Crippen molar-refractivity contribution in [1.82, 2.24) is 5.32 Å². The average molecular weight is 420 g/mol. The van der Waals surface area contributed by atoms with E-state index in [1.807, 2.05) is 0 Å². The van der Waals surface area contributed by atoms with E-state index in [0.717, 1.165) is 25.7 Å². The van der Waals surface area contributed by atoms with Crippen LogP contribution in [0.1, 0.15) is 81.7 Å². The molecular formula is C24H38BrN. The molecule has 1 aromatic rings. The van der Waals surface area contributed by atoms with Gasteiger partial charge in [0.15, 0.2) is 0 Å². The predicted molar refractivity (Wildman–Crippen MR) is 119 cm³/mol. The van der Waals surface area contributed by atoms with Crippen LogP contribution in [0.2, 0.25) is 0 Å². The molecule has 0 spiro atoms. The molecule has 2 rings (SSSR count). The third-order valence-corrected chi connectivity index (χ3v) is 6.77. The van der Waals surface area contributed by atoms with E-state index in [1.165, 1.54) is 28.8 Å². The smallest absolute Gasteiger partial charge is 0.0315 e. The van der Waals surface area contributed by atoms with Crippen LogP contribution < -0.4 is 5.32 Å². The third kappa shape index (κ3) is 4.94. The molecule has 1 nitrogen and oxygen atoms in total. The van der Waals surface area contributed by atoms with Crippen LogP contribution >= 0.6 is 15.9 Å². The molecule has 1 aliphatic rings. The van der Waals surface area contributed by atoms with Crippen LogP contribution in [0.15, 0.2) is 18.3 Å². The number of hydrogen-bond donors (Lipinski definition) is 1. The van der Waals surface area contributed by atoms with Crippen LogP contribution in [0.4, 0.5) is 0 Å². The summed E-state index contributed by atoms with van der Waals surface area (Å²) in [6, 6.07) is 2.36. The van der Waals surface area contributed by atoms with Gasteiger partial charge in [0, 0.05) is 21.0 Å². The lowest BCUT2D eigenvalue weighted by atomic mass is 9.68. The Morgan fingerprint density at radius 3 is 2.31 bits per heavy atom. The molecule has 0 radical (unpaired) electrons. The quantitative estimate of drug-likeness (QED) is 0.492. The van der Waals surface area contributed by atoms with Gasteiger partial charge in [0.1, 0.15) is 0 Å². The van der Waals surface area contributed by atoms with E-state index in [-0.39, 0.29) is 15.3 Å². The van der Waals surface area contributed by atoms with Crippen molar-refractivity contribution in [3.63, 3.8) is 0 Å². The first-order valence-electron chi connectivity index (χ1n) is 9.99. The van der Waals surface area contributed by atoms with E-state index in [1.54, 1.807) is 11.1 Å². The number of fused-ring (bicyclic) bond motifs is 1. The maximum absolute atomic E-state index is 4.50. The fourth-order valence-corrected chi connectivity index (χ4v) is 4.38. The van der Waals surface area contributed by atoms with Crippen molar-refractivity contribution >= 4 is 15.9 Å². The first kappa shape index (κ1) is 21.5. The number of rotatable bonds is 6. The molecule has 0 bridgehead atoms. The lowest BCUT2D eigenvalue weighted by molar-refractivity contribution is 0.276. The van der Waals surface area contributed by atoms with Crippen molar-refractivity contribution in [3.05, 3.63) is 46.2 Å². The maximum Gasteiger partial charge on any atom is 0.0315 e. The Kier molecular flexibility index (Phi) is 6.08. The Bertz CT molecular complexity index is 693. The number of allylic oxidation sites excluding steroid dienone is 1. The predicted octanol–water partition coefficient (Wildman–Crippen LogP) is 6.94. The molecule has 0 saturated carbocycles. The molecule has 0 amide bonds. The molecule has 0 aliphatic heterocycles. The summed E-state index contributed by atoms with van der Waals surface area (Å²) in [6.07, 6.45) is 5.69. The highest BCUT2D eigenvalue weighted by atomic mass is 79.9. The van der Waals surface area contributed by atoms with Gasteiger partial charge in [-0.25, -0.2) is 0 Å². The standard InChI is InChI=1S/C24H38BrN/c1-16-14-17(2)20-10-11-24(9,15-21(20)18(16)3)19(4)26-23(7,8)13-12-22(5,6)25/h14,26H,4,10-13,15H2,1-3,5-9H3. The summed E-state index contributed by atoms with van der Waals surface area (Å²) in [7, 11) is 0. The second-order valence-corrected chi connectivity index (χ2v) is 12.2. The molecule has 1 atom stereocenters. The molecule has 0 heterocycles. The van der Waals surface area contributed by atoms with Crippen LogP contribution in [0.3, 0.4) is 0 Å². The van der Waals surface area contributed by atoms with Crippen molar-refractivity contribution in [3.8, 4) is 0 Å². The Labute approximate surface area is 170 Å². The molecule has 1 N–H and O–H groups in total. The molecule has 1 aliphatic carbocycles. The van der Waals surface area contributed by atoms with E-state index in [9.17, 15) is 0 Å². The van der Waals surface area contributed by atoms with Gasteiger partial charge in [-0.2, -0.15) is 0 Å². The van der Waals surface area contributed by atoms with Gasteiger partial charge in [-0.1, -0.05) is 49.3 Å². The molecule has 146 valence electrons. The summed E-state index contributed by atoms with van der Waals surface area (Å²) in [6.45, 7) is 22.8. The summed E-state index contributed by atoms with van der Waals surface area (Å²) in [4.78, 5) is 0. The number of aryl methyl sites for hydroxylation is 2. The molecule has 0 fully saturated rings. The van der Waals surface area contributed by atoms with Crippen molar-refractivity contribution in [2.75, 3.05) is 0 Å². The summed E-state index contributed by atoms with van der Waals surface area (Å²) < 4.78 is 0.188. The van der Waals surface area contributed by atoms with Crippen LogP contribution in [0.25, 0.3) is 0 Å². The molecule has 1 aromatic carbocycles. The van der Waals surface area contributed by atoms with Gasteiger partial charge in [0.25, 0.3) is 0 Å². The molecule has 0 aromatic heterocycles. The molecule has 1 unspecified atom stereocenters. The van der Waals surface area contributed by atoms with Gasteiger partial charge >= 0.3 is 0 Å². The second-order valence-electron chi connectivity index (χ2n) is 10.0. The SMILES string of the molecule is C=C(NC(C)(C)CCC(C)(C)Br)C1(C)CCc2c(C)cc(C)c(C)c2C1. The zero-order chi connectivity index (χ0) is 19.9. The number of benzene rings is 1. The maximum atomic E-state index is 4.50. The van der Waals surface area contributed by atoms with Crippen LogP contribution in [0, 0.1) is 26.2 Å². The Morgan fingerprint density at radius 2 is 1.73 bits per heavy atom. The van der Waals surface area contributed by atoms with E-state index in [4.69, 9.17) is 0 Å². The summed E-state index contributed by atoms with van der Waals surface area (Å²) >= 11 is 3.77. The van der Waals surface area contributed by atoms with Gasteiger partial charge in [0.05, 0.1) is 0 Å². The first-order chi connectivity index (χ1) is 11.7. The van der Waals surface area contributed by atoms with Gasteiger partial charge < -0.3 is 5.32 Å². The van der Waals surface area contributed by atoms with Crippen LogP contribution in [-0.4, -0.2) is 9.86 Å². The topological polar surface area (TPSA) is 12.0 Å². The number of halogens is 1. The van der Waals surface area contributed by atoms with Crippen molar-refractivity contribution in [2.24, 2.45) is 5.41 Å². The molecular weight excluding hydrogens is 382 g/mol. The highest BCUT2D eigenvalue weighted by molar-refractivity contribution is 9.10. The summed E-state index contributed by atoms with van der Waals surface area (Å²) in [5.41, 5.74) is 8.90. The molecule has 0 saturated heterocycles. The van der Waals surface area contributed by atoms with Gasteiger partial charge in [-0.3, -0.25) is 0 Å². The van der Waals surface area contributed by atoms with Crippen molar-refractivity contribution in [2.45, 2.75) is 97.4 Å². The number of hydrogen-bond acceptors (Lipinski definition) is 1. The largest absolute Gasteiger partial charge is 0.383 e. The lowest BCUT2D eigenvalue weighted by Gasteiger charge is -2.42. The van der Waals surface area contributed by atoms with Gasteiger partial charge in [-0.05, 0) is 94.5 Å². The highest BCUT2D eigenvalue weighted by Crippen LogP contribution is 2.43. The molecule has 26 heavy (non-hydrogen) atoms. The van der Waals surface area contributed by atoms with Crippen LogP contribution in [0.5, 0.6) is 0 Å². The normalized spacial score (nSPS) is 20.7. The van der Waals surface area contributed by atoms with E-state index in [0.29, 0.717) is 0 Å². The Hall–Kier alpha value is -0.760. The zero-order valence-corrected chi connectivity index (χ0v) is 19.8. The van der Waals surface area contributed by atoms with Gasteiger partial charge in [-0.15, -0.1) is 0 Å². The highest BCUT2D eigenvalue weighted by Gasteiger charge is 2.36. The number of nitrogens with one attached hydrogen (secondary N) is 1.